The standard InChI is InChI=1S/C11H6F3NO3/c12-11(13,14)7-3-1-6(2-4-7)8-5-18-15-9(8)10(16)17/h1-5H,(H,16,17). The van der Waals surface area contributed by atoms with Crippen molar-refractivity contribution >= 4 is 5.97 Å². The maximum Gasteiger partial charge on any atom is 0.416 e. The minimum absolute atomic E-state index is 0.135. The minimum Gasteiger partial charge on any atom is -0.476 e. The second-order valence-corrected chi connectivity index (χ2v) is 3.46. The van der Waals surface area contributed by atoms with Crippen LogP contribution in [0, 0.1) is 0 Å². The van der Waals surface area contributed by atoms with Crippen LogP contribution < -0.4 is 0 Å². The molecule has 2 rings (SSSR count). The van der Waals surface area contributed by atoms with Crippen molar-refractivity contribution in [2.24, 2.45) is 0 Å². The van der Waals surface area contributed by atoms with E-state index in [1.165, 1.54) is 12.1 Å². The number of aromatic nitrogens is 1. The normalized spacial score (nSPS) is 11.5. The first-order valence-corrected chi connectivity index (χ1v) is 4.75. The Morgan fingerprint density at radius 3 is 2.33 bits per heavy atom. The number of nitrogens with zero attached hydrogens (tertiary/aromatic N) is 1. The Kier molecular flexibility index (Phi) is 2.82. The van der Waals surface area contributed by atoms with Gasteiger partial charge < -0.3 is 9.63 Å². The summed E-state index contributed by atoms with van der Waals surface area (Å²) in [6.07, 6.45) is -3.35. The summed E-state index contributed by atoms with van der Waals surface area (Å²) < 4.78 is 41.5. The van der Waals surface area contributed by atoms with Crippen LogP contribution in [0.15, 0.2) is 35.1 Å². The van der Waals surface area contributed by atoms with E-state index in [2.05, 4.69) is 9.68 Å². The lowest BCUT2D eigenvalue weighted by molar-refractivity contribution is -0.137. The summed E-state index contributed by atoms with van der Waals surface area (Å²) in [4.78, 5) is 10.8. The smallest absolute Gasteiger partial charge is 0.416 e. The van der Waals surface area contributed by atoms with Crippen LogP contribution in [-0.4, -0.2) is 16.2 Å². The van der Waals surface area contributed by atoms with Gasteiger partial charge in [-0.1, -0.05) is 17.3 Å². The second-order valence-electron chi connectivity index (χ2n) is 3.46. The number of hydrogen-bond acceptors (Lipinski definition) is 3. The van der Waals surface area contributed by atoms with Gasteiger partial charge in [0, 0.05) is 0 Å². The third kappa shape index (κ3) is 2.20. The molecule has 0 atom stereocenters. The molecule has 0 spiro atoms. The molecule has 0 aliphatic rings. The summed E-state index contributed by atoms with van der Waals surface area (Å²) in [5.74, 6) is -1.31. The molecule has 1 N–H and O–H groups in total. The second kappa shape index (κ2) is 4.17. The Morgan fingerprint density at radius 2 is 1.83 bits per heavy atom. The number of alkyl halides is 3. The highest BCUT2D eigenvalue weighted by Crippen LogP contribution is 2.31. The van der Waals surface area contributed by atoms with Gasteiger partial charge in [-0.25, -0.2) is 4.79 Å². The Bertz CT molecular complexity index is 572. The zero-order chi connectivity index (χ0) is 13.3. The fourth-order valence-corrected chi connectivity index (χ4v) is 1.43. The van der Waals surface area contributed by atoms with Gasteiger partial charge >= 0.3 is 12.1 Å². The molecule has 18 heavy (non-hydrogen) atoms. The molecule has 7 heteroatoms. The molecule has 0 radical (unpaired) electrons. The molecule has 1 aromatic carbocycles. The van der Waals surface area contributed by atoms with Crippen molar-refractivity contribution in [3.05, 3.63) is 41.8 Å². The molecule has 0 amide bonds. The Balaban J connectivity index is 2.41. The highest BCUT2D eigenvalue weighted by Gasteiger charge is 2.30. The predicted molar refractivity (Wildman–Crippen MR) is 53.9 cm³/mol. The van der Waals surface area contributed by atoms with E-state index in [1.807, 2.05) is 0 Å². The number of carboxylic acid groups (broad SMARTS) is 1. The van der Waals surface area contributed by atoms with E-state index in [0.29, 0.717) is 5.56 Å². The highest BCUT2D eigenvalue weighted by atomic mass is 19.4. The van der Waals surface area contributed by atoms with E-state index < -0.39 is 17.7 Å². The van der Waals surface area contributed by atoms with Crippen LogP contribution in [0.2, 0.25) is 0 Å². The quantitative estimate of drug-likeness (QED) is 0.897. The summed E-state index contributed by atoms with van der Waals surface area (Å²) in [7, 11) is 0. The molecule has 2 aromatic rings. The number of benzene rings is 1. The van der Waals surface area contributed by atoms with Crippen LogP contribution in [0.3, 0.4) is 0 Å². The zero-order valence-corrected chi connectivity index (χ0v) is 8.73. The van der Waals surface area contributed by atoms with Gasteiger partial charge in [-0.05, 0) is 17.7 Å². The van der Waals surface area contributed by atoms with Gasteiger partial charge in [0.25, 0.3) is 0 Å². The molecular weight excluding hydrogens is 251 g/mol. The van der Waals surface area contributed by atoms with E-state index >= 15 is 0 Å². The maximum absolute atomic E-state index is 12.3. The number of rotatable bonds is 2. The first kappa shape index (κ1) is 12.2. The van der Waals surface area contributed by atoms with Crippen molar-refractivity contribution < 1.29 is 27.6 Å². The number of carboxylic acids is 1. The van der Waals surface area contributed by atoms with E-state index in [4.69, 9.17) is 5.11 Å². The van der Waals surface area contributed by atoms with Gasteiger partial charge in [0.15, 0.2) is 5.69 Å². The lowest BCUT2D eigenvalue weighted by Gasteiger charge is -2.06. The molecule has 0 saturated heterocycles. The number of hydrogen-bond donors (Lipinski definition) is 1. The van der Waals surface area contributed by atoms with E-state index in [-0.39, 0.29) is 11.3 Å². The van der Waals surface area contributed by atoms with Gasteiger partial charge in [0.2, 0.25) is 0 Å². The highest BCUT2D eigenvalue weighted by molar-refractivity contribution is 5.93. The molecular formula is C11H6F3NO3. The van der Waals surface area contributed by atoms with E-state index in [0.717, 1.165) is 18.4 Å². The Morgan fingerprint density at radius 1 is 1.22 bits per heavy atom. The maximum atomic E-state index is 12.3. The van der Waals surface area contributed by atoms with Crippen molar-refractivity contribution in [3.8, 4) is 11.1 Å². The molecule has 0 bridgehead atoms. The largest absolute Gasteiger partial charge is 0.476 e. The molecule has 94 valence electrons. The fourth-order valence-electron chi connectivity index (χ4n) is 1.43. The van der Waals surface area contributed by atoms with E-state index in [1.54, 1.807) is 0 Å². The fraction of sp³-hybridized carbons (Fsp3) is 0.0909. The summed E-state index contributed by atoms with van der Waals surface area (Å²) in [5.41, 5.74) is -0.716. The Labute approximate surface area is 98.6 Å². The van der Waals surface area contributed by atoms with Crippen LogP contribution in [-0.2, 0) is 6.18 Å². The van der Waals surface area contributed by atoms with Gasteiger partial charge in [-0.15, -0.1) is 0 Å². The SMILES string of the molecule is O=C(O)c1nocc1-c1ccc(C(F)(F)F)cc1. The van der Waals surface area contributed by atoms with Crippen LogP contribution in [0.5, 0.6) is 0 Å². The lowest BCUT2D eigenvalue weighted by atomic mass is 10.0. The zero-order valence-electron chi connectivity index (χ0n) is 8.73. The van der Waals surface area contributed by atoms with Crippen LogP contribution in [0.25, 0.3) is 11.1 Å². The van der Waals surface area contributed by atoms with Crippen molar-refractivity contribution in [2.75, 3.05) is 0 Å². The molecule has 0 unspecified atom stereocenters. The van der Waals surface area contributed by atoms with Crippen molar-refractivity contribution in [2.45, 2.75) is 6.18 Å². The molecule has 4 nitrogen and oxygen atoms in total. The van der Waals surface area contributed by atoms with Crippen LogP contribution >= 0.6 is 0 Å². The number of halogens is 3. The average Bonchev–Trinajstić information content (AvgIpc) is 2.77. The van der Waals surface area contributed by atoms with Gasteiger partial charge in [-0.3, -0.25) is 0 Å². The summed E-state index contributed by atoms with van der Waals surface area (Å²) in [5, 5.41) is 12.1. The summed E-state index contributed by atoms with van der Waals surface area (Å²) in [6.45, 7) is 0. The van der Waals surface area contributed by atoms with Crippen LogP contribution in [0.4, 0.5) is 13.2 Å². The molecule has 1 aromatic heterocycles. The molecule has 0 aliphatic heterocycles. The Hall–Kier alpha value is -2.31. The molecule has 1 heterocycles. The van der Waals surface area contributed by atoms with Gasteiger partial charge in [0.05, 0.1) is 11.1 Å². The van der Waals surface area contributed by atoms with Crippen molar-refractivity contribution in [1.82, 2.24) is 5.16 Å². The predicted octanol–water partition coefficient (Wildman–Crippen LogP) is 3.06. The van der Waals surface area contributed by atoms with Gasteiger partial charge in [0.1, 0.15) is 6.26 Å². The number of carbonyl (C=O) groups is 1. The van der Waals surface area contributed by atoms with E-state index in [9.17, 15) is 18.0 Å². The molecule has 0 fully saturated rings. The van der Waals surface area contributed by atoms with Crippen molar-refractivity contribution in [3.63, 3.8) is 0 Å². The monoisotopic (exact) mass is 257 g/mol. The van der Waals surface area contributed by atoms with Crippen molar-refractivity contribution in [1.29, 1.82) is 0 Å². The lowest BCUT2D eigenvalue weighted by Crippen LogP contribution is -2.04. The third-order valence-corrected chi connectivity index (χ3v) is 2.30. The summed E-state index contributed by atoms with van der Waals surface area (Å²) >= 11 is 0. The van der Waals surface area contributed by atoms with Crippen LogP contribution in [0.1, 0.15) is 16.1 Å². The molecule has 0 aliphatic carbocycles. The minimum atomic E-state index is -4.43. The average molecular weight is 257 g/mol. The first-order valence-electron chi connectivity index (χ1n) is 4.75. The number of aromatic carboxylic acids is 1. The van der Waals surface area contributed by atoms with Gasteiger partial charge in [-0.2, -0.15) is 13.2 Å². The third-order valence-electron chi connectivity index (χ3n) is 2.30. The first-order chi connectivity index (χ1) is 8.39. The molecule has 0 saturated carbocycles. The topological polar surface area (TPSA) is 63.3 Å². The summed E-state index contributed by atoms with van der Waals surface area (Å²) in [6, 6.07) is 4.07.